The van der Waals surface area contributed by atoms with Gasteiger partial charge >= 0.3 is 12.1 Å². The highest BCUT2D eigenvalue weighted by molar-refractivity contribution is 7.90. The number of nitrogens with zero attached hydrogens (tertiary/aromatic N) is 2. The van der Waals surface area contributed by atoms with E-state index in [0.717, 1.165) is 6.07 Å². The standard InChI is InChI=1S/C13H13F4N3O3S/c1-7(2)24(21,22)18-6-9-4-3-8(5-10(9)14)11-19-12(23-20-11)13(15,16)17/h3-5,7,18H,6H2,1-2H3. The van der Waals surface area contributed by atoms with Crippen LogP contribution in [0.4, 0.5) is 17.6 Å². The van der Waals surface area contributed by atoms with Crippen LogP contribution in [0.15, 0.2) is 22.7 Å². The molecule has 0 amide bonds. The molecule has 0 saturated carbocycles. The Morgan fingerprint density at radius 2 is 1.96 bits per heavy atom. The molecule has 0 spiro atoms. The van der Waals surface area contributed by atoms with Gasteiger partial charge in [-0.15, -0.1) is 0 Å². The zero-order valence-corrected chi connectivity index (χ0v) is 13.4. The largest absolute Gasteiger partial charge is 0.471 e. The van der Waals surface area contributed by atoms with E-state index in [4.69, 9.17) is 0 Å². The van der Waals surface area contributed by atoms with Gasteiger partial charge in [-0.05, 0) is 19.9 Å². The lowest BCUT2D eigenvalue weighted by Gasteiger charge is -2.10. The molecule has 1 N–H and O–H groups in total. The van der Waals surface area contributed by atoms with Gasteiger partial charge in [0.05, 0.1) is 5.25 Å². The highest BCUT2D eigenvalue weighted by Crippen LogP contribution is 2.29. The van der Waals surface area contributed by atoms with E-state index in [9.17, 15) is 26.0 Å². The summed E-state index contributed by atoms with van der Waals surface area (Å²) in [6, 6.07) is 3.41. The molecule has 0 unspecified atom stereocenters. The van der Waals surface area contributed by atoms with Crippen LogP contribution in [0.1, 0.15) is 25.3 Å². The fourth-order valence-electron chi connectivity index (χ4n) is 1.63. The summed E-state index contributed by atoms with van der Waals surface area (Å²) in [5.41, 5.74) is 0.00438. The molecule has 24 heavy (non-hydrogen) atoms. The van der Waals surface area contributed by atoms with E-state index in [2.05, 4.69) is 19.4 Å². The third-order valence-electron chi connectivity index (χ3n) is 3.06. The van der Waals surface area contributed by atoms with Crippen LogP contribution in [-0.2, 0) is 22.7 Å². The van der Waals surface area contributed by atoms with Crippen molar-refractivity contribution in [1.82, 2.24) is 14.9 Å². The zero-order chi connectivity index (χ0) is 18.1. The molecular weight excluding hydrogens is 354 g/mol. The van der Waals surface area contributed by atoms with E-state index in [1.165, 1.54) is 26.0 Å². The Kier molecular flexibility index (Phi) is 4.95. The molecule has 2 aromatic rings. The van der Waals surface area contributed by atoms with Crippen LogP contribution >= 0.6 is 0 Å². The monoisotopic (exact) mass is 367 g/mol. The second-order valence-corrected chi connectivity index (χ2v) is 7.46. The number of benzene rings is 1. The van der Waals surface area contributed by atoms with Crippen molar-refractivity contribution in [2.75, 3.05) is 0 Å². The molecule has 0 atom stereocenters. The number of halogens is 4. The van der Waals surface area contributed by atoms with Crippen molar-refractivity contribution < 1.29 is 30.5 Å². The number of rotatable bonds is 5. The van der Waals surface area contributed by atoms with Gasteiger partial charge in [0.1, 0.15) is 5.82 Å². The number of sulfonamides is 1. The van der Waals surface area contributed by atoms with Crippen LogP contribution in [0, 0.1) is 5.82 Å². The van der Waals surface area contributed by atoms with Crippen molar-refractivity contribution in [3.63, 3.8) is 0 Å². The fraction of sp³-hybridized carbons (Fsp3) is 0.385. The van der Waals surface area contributed by atoms with E-state index in [0.29, 0.717) is 0 Å². The number of hydrogen-bond donors (Lipinski definition) is 1. The minimum absolute atomic E-state index is 0.0257. The van der Waals surface area contributed by atoms with E-state index in [1.807, 2.05) is 0 Å². The van der Waals surface area contributed by atoms with Crippen molar-refractivity contribution in [3.05, 3.63) is 35.5 Å². The molecule has 0 fully saturated rings. The molecule has 1 aromatic heterocycles. The Hall–Kier alpha value is -2.01. The average molecular weight is 367 g/mol. The lowest BCUT2D eigenvalue weighted by Crippen LogP contribution is -2.30. The number of hydrogen-bond acceptors (Lipinski definition) is 5. The Bertz CT molecular complexity index is 831. The first kappa shape index (κ1) is 18.3. The zero-order valence-electron chi connectivity index (χ0n) is 12.6. The van der Waals surface area contributed by atoms with Crippen LogP contribution in [0.3, 0.4) is 0 Å². The van der Waals surface area contributed by atoms with E-state index in [-0.39, 0.29) is 17.7 Å². The lowest BCUT2D eigenvalue weighted by molar-refractivity contribution is -0.159. The lowest BCUT2D eigenvalue weighted by atomic mass is 10.1. The second kappa shape index (κ2) is 6.48. The van der Waals surface area contributed by atoms with Crippen LogP contribution in [0.25, 0.3) is 11.4 Å². The molecular formula is C13H13F4N3O3S. The van der Waals surface area contributed by atoms with Gasteiger partial charge in [0.25, 0.3) is 0 Å². The quantitative estimate of drug-likeness (QED) is 0.822. The summed E-state index contributed by atoms with van der Waals surface area (Å²) in [6.07, 6.45) is -4.79. The fourth-order valence-corrected chi connectivity index (χ4v) is 2.32. The first-order valence-electron chi connectivity index (χ1n) is 6.69. The van der Waals surface area contributed by atoms with E-state index < -0.39 is 39.0 Å². The smallest absolute Gasteiger partial charge is 0.329 e. The normalized spacial score (nSPS) is 12.8. The summed E-state index contributed by atoms with van der Waals surface area (Å²) in [5.74, 6) is -2.76. The minimum Gasteiger partial charge on any atom is -0.329 e. The van der Waals surface area contributed by atoms with Crippen LogP contribution in [0.2, 0.25) is 0 Å². The second-order valence-electron chi connectivity index (χ2n) is 5.14. The summed E-state index contributed by atoms with van der Waals surface area (Å²) in [4.78, 5) is 3.15. The predicted octanol–water partition coefficient (Wildman–Crippen LogP) is 2.72. The van der Waals surface area contributed by atoms with Crippen LogP contribution < -0.4 is 4.72 Å². The Morgan fingerprint density at radius 1 is 1.29 bits per heavy atom. The van der Waals surface area contributed by atoms with Gasteiger partial charge in [-0.3, -0.25) is 0 Å². The van der Waals surface area contributed by atoms with Crippen LogP contribution in [0.5, 0.6) is 0 Å². The molecule has 0 aliphatic heterocycles. The highest BCUT2D eigenvalue weighted by Gasteiger charge is 2.38. The van der Waals surface area contributed by atoms with Gasteiger partial charge in [-0.1, -0.05) is 17.3 Å². The third kappa shape index (κ3) is 4.09. The molecule has 132 valence electrons. The van der Waals surface area contributed by atoms with E-state index >= 15 is 0 Å². The topological polar surface area (TPSA) is 85.1 Å². The number of nitrogens with one attached hydrogen (secondary N) is 1. The maximum Gasteiger partial charge on any atom is 0.471 e. The summed E-state index contributed by atoms with van der Waals surface area (Å²) in [6.45, 7) is 2.65. The highest BCUT2D eigenvalue weighted by atomic mass is 32.2. The van der Waals surface area contributed by atoms with Gasteiger partial charge in [-0.25, -0.2) is 17.5 Å². The maximum atomic E-state index is 14.0. The van der Waals surface area contributed by atoms with Gasteiger partial charge in [0, 0.05) is 17.7 Å². The minimum atomic E-state index is -4.79. The first-order chi connectivity index (χ1) is 11.0. The molecule has 2 rings (SSSR count). The average Bonchev–Trinajstić information content (AvgIpc) is 2.95. The molecule has 0 saturated heterocycles. The predicted molar refractivity (Wildman–Crippen MR) is 75.6 cm³/mol. The van der Waals surface area contributed by atoms with Gasteiger partial charge in [-0.2, -0.15) is 18.2 Å². The van der Waals surface area contributed by atoms with Crippen molar-refractivity contribution in [2.45, 2.75) is 31.8 Å². The molecule has 1 heterocycles. The summed E-state index contributed by atoms with van der Waals surface area (Å²) < 4.78 is 80.8. The molecule has 6 nitrogen and oxygen atoms in total. The number of alkyl halides is 3. The van der Waals surface area contributed by atoms with Crippen LogP contribution in [-0.4, -0.2) is 23.8 Å². The van der Waals surface area contributed by atoms with Crippen molar-refractivity contribution in [3.8, 4) is 11.4 Å². The van der Waals surface area contributed by atoms with Crippen molar-refractivity contribution in [1.29, 1.82) is 0 Å². The van der Waals surface area contributed by atoms with Gasteiger partial charge < -0.3 is 4.52 Å². The van der Waals surface area contributed by atoms with Gasteiger partial charge in [0.15, 0.2) is 0 Å². The molecule has 11 heteroatoms. The van der Waals surface area contributed by atoms with E-state index in [1.54, 1.807) is 0 Å². The summed E-state index contributed by atoms with van der Waals surface area (Å²) >= 11 is 0. The molecule has 0 aliphatic rings. The summed E-state index contributed by atoms with van der Waals surface area (Å²) in [5, 5.41) is 2.47. The molecule has 0 aliphatic carbocycles. The molecule has 1 aromatic carbocycles. The molecule has 0 bridgehead atoms. The molecule has 0 radical (unpaired) electrons. The summed E-state index contributed by atoms with van der Waals surface area (Å²) in [7, 11) is -3.57. The Labute approximate surface area is 134 Å². The van der Waals surface area contributed by atoms with Crippen molar-refractivity contribution >= 4 is 10.0 Å². The van der Waals surface area contributed by atoms with Crippen molar-refractivity contribution in [2.24, 2.45) is 0 Å². The maximum absolute atomic E-state index is 14.0. The third-order valence-corrected chi connectivity index (χ3v) is 4.85. The van der Waals surface area contributed by atoms with Gasteiger partial charge in [0.2, 0.25) is 15.8 Å². The Balaban J connectivity index is 2.20. The number of aromatic nitrogens is 2. The SMILES string of the molecule is CC(C)S(=O)(=O)NCc1ccc(-c2noc(C(F)(F)F)n2)cc1F. The Morgan fingerprint density at radius 3 is 2.46 bits per heavy atom. The first-order valence-corrected chi connectivity index (χ1v) is 8.23.